The molecule has 0 spiro atoms. The van der Waals surface area contributed by atoms with Crippen molar-refractivity contribution in [1.82, 2.24) is 10.2 Å². The van der Waals surface area contributed by atoms with E-state index in [0.29, 0.717) is 12.2 Å². The van der Waals surface area contributed by atoms with Gasteiger partial charge in [-0.25, -0.2) is 0 Å². The number of hydrogen-bond donors (Lipinski definition) is 2. The van der Waals surface area contributed by atoms with E-state index < -0.39 is 11.8 Å². The number of nitrogens with zero attached hydrogens (tertiary/aromatic N) is 2. The molecule has 1 aliphatic heterocycles. The predicted molar refractivity (Wildman–Crippen MR) is 117 cm³/mol. The van der Waals surface area contributed by atoms with Crippen molar-refractivity contribution in [3.8, 4) is 0 Å². The number of benzene rings is 2. The van der Waals surface area contributed by atoms with Crippen LogP contribution in [0, 0.1) is 6.92 Å². The van der Waals surface area contributed by atoms with E-state index in [1.54, 1.807) is 6.07 Å². The first-order chi connectivity index (χ1) is 14.0. The predicted octanol–water partition coefficient (Wildman–Crippen LogP) is 2.95. The standard InChI is InChI=1S/C23H30N4O2/c1-17-8-4-5-9-20(17)25-23(29)22(28)24-16-21(27-14-6-7-15-27)18-10-12-19(13-11-18)26(2)3/h4-5,8-13,21H,6-7,14-16H2,1-3H3,(H,24,28)(H,25,29). The van der Waals surface area contributed by atoms with Crippen molar-refractivity contribution in [3.63, 3.8) is 0 Å². The van der Waals surface area contributed by atoms with Gasteiger partial charge in [-0.05, 0) is 62.2 Å². The maximum Gasteiger partial charge on any atom is 0.313 e. The van der Waals surface area contributed by atoms with Crippen molar-refractivity contribution in [2.75, 3.05) is 43.9 Å². The Morgan fingerprint density at radius 2 is 1.66 bits per heavy atom. The van der Waals surface area contributed by atoms with Crippen LogP contribution in [0.15, 0.2) is 48.5 Å². The van der Waals surface area contributed by atoms with Crippen molar-refractivity contribution in [2.45, 2.75) is 25.8 Å². The molecule has 29 heavy (non-hydrogen) atoms. The molecule has 2 amide bonds. The normalized spacial score (nSPS) is 15.0. The summed E-state index contributed by atoms with van der Waals surface area (Å²) in [4.78, 5) is 29.2. The second-order valence-electron chi connectivity index (χ2n) is 7.72. The van der Waals surface area contributed by atoms with Crippen molar-refractivity contribution < 1.29 is 9.59 Å². The summed E-state index contributed by atoms with van der Waals surface area (Å²) in [5, 5.41) is 5.52. The number of rotatable bonds is 6. The Bertz CT molecular complexity index is 842. The van der Waals surface area contributed by atoms with Crippen LogP contribution in [-0.4, -0.2) is 50.4 Å². The highest BCUT2D eigenvalue weighted by atomic mass is 16.2. The minimum absolute atomic E-state index is 0.0592. The highest BCUT2D eigenvalue weighted by Crippen LogP contribution is 2.26. The molecule has 1 heterocycles. The molecule has 6 nitrogen and oxygen atoms in total. The Hall–Kier alpha value is -2.86. The molecule has 0 radical (unpaired) electrons. The van der Waals surface area contributed by atoms with Crippen LogP contribution >= 0.6 is 0 Å². The van der Waals surface area contributed by atoms with Crippen LogP contribution in [0.1, 0.15) is 30.0 Å². The zero-order valence-corrected chi connectivity index (χ0v) is 17.4. The smallest absolute Gasteiger partial charge is 0.313 e. The third kappa shape index (κ3) is 5.35. The van der Waals surface area contributed by atoms with Crippen LogP contribution in [0.4, 0.5) is 11.4 Å². The molecule has 1 fully saturated rings. The Balaban J connectivity index is 1.65. The summed E-state index contributed by atoms with van der Waals surface area (Å²) in [6.45, 7) is 4.31. The first kappa shape index (κ1) is 20.9. The summed E-state index contributed by atoms with van der Waals surface area (Å²) in [5.74, 6) is -1.25. The number of likely N-dealkylation sites (tertiary alicyclic amines) is 1. The lowest BCUT2D eigenvalue weighted by molar-refractivity contribution is -0.136. The number of aryl methyl sites for hydroxylation is 1. The summed E-state index contributed by atoms with van der Waals surface area (Å²) in [6, 6.07) is 15.9. The molecule has 154 valence electrons. The van der Waals surface area contributed by atoms with E-state index in [1.807, 2.05) is 39.2 Å². The lowest BCUT2D eigenvalue weighted by Crippen LogP contribution is -2.41. The fraction of sp³-hybridized carbons (Fsp3) is 0.391. The van der Waals surface area contributed by atoms with Gasteiger partial charge in [0.2, 0.25) is 0 Å². The molecule has 1 saturated heterocycles. The van der Waals surface area contributed by atoms with E-state index in [4.69, 9.17) is 0 Å². The van der Waals surface area contributed by atoms with Gasteiger partial charge in [0.15, 0.2) is 0 Å². The summed E-state index contributed by atoms with van der Waals surface area (Å²) in [6.07, 6.45) is 2.32. The molecule has 1 unspecified atom stereocenters. The molecule has 0 aromatic heterocycles. The molecule has 0 bridgehead atoms. The van der Waals surface area contributed by atoms with Crippen molar-refractivity contribution in [3.05, 3.63) is 59.7 Å². The van der Waals surface area contributed by atoms with Gasteiger partial charge in [0.05, 0.1) is 6.04 Å². The fourth-order valence-electron chi connectivity index (χ4n) is 3.67. The number of carbonyl (C=O) groups excluding carboxylic acids is 2. The molecule has 1 atom stereocenters. The van der Waals surface area contributed by atoms with E-state index in [1.165, 1.54) is 0 Å². The van der Waals surface area contributed by atoms with E-state index in [-0.39, 0.29) is 6.04 Å². The Kier molecular flexibility index (Phi) is 6.88. The summed E-state index contributed by atoms with van der Waals surface area (Å²) in [7, 11) is 4.03. The minimum Gasteiger partial charge on any atom is -0.378 e. The monoisotopic (exact) mass is 394 g/mol. The number of nitrogens with one attached hydrogen (secondary N) is 2. The highest BCUT2D eigenvalue weighted by molar-refractivity contribution is 6.39. The molecule has 0 aliphatic carbocycles. The van der Waals surface area contributed by atoms with Crippen molar-refractivity contribution in [1.29, 1.82) is 0 Å². The van der Waals surface area contributed by atoms with E-state index in [2.05, 4.69) is 44.7 Å². The topological polar surface area (TPSA) is 64.7 Å². The van der Waals surface area contributed by atoms with Gasteiger partial charge in [-0.3, -0.25) is 14.5 Å². The fourth-order valence-corrected chi connectivity index (χ4v) is 3.67. The second kappa shape index (κ2) is 9.56. The second-order valence-corrected chi connectivity index (χ2v) is 7.72. The van der Waals surface area contributed by atoms with Gasteiger partial charge >= 0.3 is 11.8 Å². The Labute approximate surface area is 172 Å². The maximum atomic E-state index is 12.4. The summed E-state index contributed by atoms with van der Waals surface area (Å²) in [5.41, 5.74) is 3.86. The average Bonchev–Trinajstić information content (AvgIpc) is 3.24. The van der Waals surface area contributed by atoms with E-state index in [0.717, 1.165) is 42.7 Å². The van der Waals surface area contributed by atoms with Crippen LogP contribution in [-0.2, 0) is 9.59 Å². The minimum atomic E-state index is -0.637. The maximum absolute atomic E-state index is 12.4. The van der Waals surface area contributed by atoms with Gasteiger partial charge in [0.25, 0.3) is 0 Å². The number of hydrogen-bond acceptors (Lipinski definition) is 4. The third-order valence-corrected chi connectivity index (χ3v) is 5.43. The van der Waals surface area contributed by atoms with Crippen LogP contribution < -0.4 is 15.5 Å². The lowest BCUT2D eigenvalue weighted by Gasteiger charge is -2.28. The quantitative estimate of drug-likeness (QED) is 0.740. The number of anilines is 2. The van der Waals surface area contributed by atoms with Crippen molar-refractivity contribution >= 4 is 23.2 Å². The molecule has 0 saturated carbocycles. The molecule has 2 aromatic carbocycles. The SMILES string of the molecule is Cc1ccccc1NC(=O)C(=O)NCC(c1ccc(N(C)C)cc1)N1CCCC1. The van der Waals surface area contributed by atoms with Gasteiger partial charge in [-0.1, -0.05) is 30.3 Å². The molecule has 2 N–H and O–H groups in total. The number of amides is 2. The van der Waals surface area contributed by atoms with E-state index >= 15 is 0 Å². The van der Waals surface area contributed by atoms with Crippen LogP contribution in [0.3, 0.4) is 0 Å². The van der Waals surface area contributed by atoms with Gasteiger partial charge in [-0.15, -0.1) is 0 Å². The van der Waals surface area contributed by atoms with Crippen LogP contribution in [0.5, 0.6) is 0 Å². The average molecular weight is 395 g/mol. The molecule has 3 rings (SSSR count). The summed E-state index contributed by atoms with van der Waals surface area (Å²) < 4.78 is 0. The molecule has 1 aliphatic rings. The van der Waals surface area contributed by atoms with Gasteiger partial charge in [0.1, 0.15) is 0 Å². The third-order valence-electron chi connectivity index (χ3n) is 5.43. The largest absolute Gasteiger partial charge is 0.378 e. The van der Waals surface area contributed by atoms with Crippen LogP contribution in [0.25, 0.3) is 0 Å². The number of para-hydroxylation sites is 1. The van der Waals surface area contributed by atoms with Crippen LogP contribution in [0.2, 0.25) is 0 Å². The molecule has 2 aromatic rings. The zero-order chi connectivity index (χ0) is 20.8. The van der Waals surface area contributed by atoms with Gasteiger partial charge < -0.3 is 15.5 Å². The Morgan fingerprint density at radius 3 is 2.28 bits per heavy atom. The molecular formula is C23H30N4O2. The first-order valence-corrected chi connectivity index (χ1v) is 10.1. The van der Waals surface area contributed by atoms with Gasteiger partial charge in [0, 0.05) is 32.0 Å². The summed E-state index contributed by atoms with van der Waals surface area (Å²) >= 11 is 0. The van der Waals surface area contributed by atoms with E-state index in [9.17, 15) is 9.59 Å². The zero-order valence-electron chi connectivity index (χ0n) is 17.4. The molecule has 6 heteroatoms. The highest BCUT2D eigenvalue weighted by Gasteiger charge is 2.25. The van der Waals surface area contributed by atoms with Gasteiger partial charge in [-0.2, -0.15) is 0 Å². The molecular weight excluding hydrogens is 364 g/mol. The first-order valence-electron chi connectivity index (χ1n) is 10.1. The van der Waals surface area contributed by atoms with Crippen molar-refractivity contribution in [2.24, 2.45) is 0 Å². The lowest BCUT2D eigenvalue weighted by atomic mass is 10.0. The Morgan fingerprint density at radius 1 is 1.00 bits per heavy atom. The number of carbonyl (C=O) groups is 2.